The Hall–Kier alpha value is -1.22. The average Bonchev–Trinajstić information content (AvgIpc) is 2.35. The first-order valence-electron chi connectivity index (χ1n) is 3.44. The summed E-state index contributed by atoms with van der Waals surface area (Å²) in [7, 11) is 0. The molecule has 0 aromatic heterocycles. The SMILES string of the molecule is Cl.Nc1cccc2c1CNC2=O. The average molecular weight is 185 g/mol. The van der Waals surface area contributed by atoms with Gasteiger partial charge in [0.1, 0.15) is 0 Å². The number of carbonyl (C=O) groups excluding carboxylic acids is 1. The fourth-order valence-corrected chi connectivity index (χ4v) is 1.28. The first kappa shape index (κ1) is 8.87. The van der Waals surface area contributed by atoms with Crippen LogP contribution < -0.4 is 11.1 Å². The third-order valence-corrected chi connectivity index (χ3v) is 1.88. The van der Waals surface area contributed by atoms with Crippen LogP contribution in [0.2, 0.25) is 0 Å². The summed E-state index contributed by atoms with van der Waals surface area (Å²) < 4.78 is 0. The van der Waals surface area contributed by atoms with Gasteiger partial charge in [-0.15, -0.1) is 12.4 Å². The molecule has 3 N–H and O–H groups in total. The quantitative estimate of drug-likeness (QED) is 0.590. The third-order valence-electron chi connectivity index (χ3n) is 1.88. The van der Waals surface area contributed by atoms with E-state index in [-0.39, 0.29) is 18.3 Å². The fraction of sp³-hybridized carbons (Fsp3) is 0.125. The Labute approximate surface area is 76.4 Å². The number of carbonyl (C=O) groups is 1. The number of fused-ring (bicyclic) bond motifs is 1. The Bertz CT molecular complexity index is 325. The summed E-state index contributed by atoms with van der Waals surface area (Å²) in [5, 5.41) is 2.71. The van der Waals surface area contributed by atoms with E-state index >= 15 is 0 Å². The molecule has 3 nitrogen and oxygen atoms in total. The Kier molecular flexibility index (Phi) is 2.24. The minimum absolute atomic E-state index is 0. The normalized spacial score (nSPS) is 13.2. The number of nitrogens with one attached hydrogen (secondary N) is 1. The summed E-state index contributed by atoms with van der Waals surface area (Å²) in [4.78, 5) is 11.1. The predicted molar refractivity (Wildman–Crippen MR) is 49.3 cm³/mol. The molecule has 1 aliphatic heterocycles. The Morgan fingerprint density at radius 3 is 2.83 bits per heavy atom. The van der Waals surface area contributed by atoms with E-state index in [9.17, 15) is 4.79 Å². The van der Waals surface area contributed by atoms with Crippen LogP contribution in [0.25, 0.3) is 0 Å². The molecule has 0 saturated heterocycles. The van der Waals surface area contributed by atoms with E-state index in [4.69, 9.17) is 5.73 Å². The first-order chi connectivity index (χ1) is 5.29. The number of hydrogen-bond acceptors (Lipinski definition) is 2. The van der Waals surface area contributed by atoms with Gasteiger partial charge >= 0.3 is 0 Å². The van der Waals surface area contributed by atoms with Crippen LogP contribution in [-0.2, 0) is 6.54 Å². The summed E-state index contributed by atoms with van der Waals surface area (Å²) in [5.41, 5.74) is 7.98. The molecule has 1 heterocycles. The van der Waals surface area contributed by atoms with E-state index in [1.165, 1.54) is 0 Å². The molecule has 0 unspecified atom stereocenters. The minimum Gasteiger partial charge on any atom is -0.398 e. The van der Waals surface area contributed by atoms with Gasteiger partial charge in [0.2, 0.25) is 0 Å². The smallest absolute Gasteiger partial charge is 0.251 e. The molecule has 1 aromatic rings. The highest BCUT2D eigenvalue weighted by atomic mass is 35.5. The highest BCUT2D eigenvalue weighted by molar-refractivity contribution is 5.99. The molecule has 4 heteroatoms. The number of nitrogens with two attached hydrogens (primary N) is 1. The molecule has 0 radical (unpaired) electrons. The van der Waals surface area contributed by atoms with Crippen LogP contribution in [0.3, 0.4) is 0 Å². The predicted octanol–water partition coefficient (Wildman–Crippen LogP) is 0.934. The summed E-state index contributed by atoms with van der Waals surface area (Å²) >= 11 is 0. The maximum atomic E-state index is 11.1. The molecular weight excluding hydrogens is 176 g/mol. The zero-order valence-electron chi connectivity index (χ0n) is 6.33. The number of anilines is 1. The molecular formula is C8H9ClN2O. The highest BCUT2D eigenvalue weighted by Crippen LogP contribution is 2.20. The summed E-state index contributed by atoms with van der Waals surface area (Å²) in [5.74, 6) is -0.0210. The molecule has 0 saturated carbocycles. The summed E-state index contributed by atoms with van der Waals surface area (Å²) in [6.07, 6.45) is 0. The van der Waals surface area contributed by atoms with Crippen molar-refractivity contribution >= 4 is 24.0 Å². The second-order valence-corrected chi connectivity index (χ2v) is 2.56. The van der Waals surface area contributed by atoms with Crippen molar-refractivity contribution in [3.63, 3.8) is 0 Å². The monoisotopic (exact) mass is 184 g/mol. The van der Waals surface area contributed by atoms with Gasteiger partial charge in [-0.1, -0.05) is 6.07 Å². The van der Waals surface area contributed by atoms with Crippen LogP contribution in [0.15, 0.2) is 18.2 Å². The van der Waals surface area contributed by atoms with Crippen LogP contribution in [0.4, 0.5) is 5.69 Å². The molecule has 0 aliphatic carbocycles. The van der Waals surface area contributed by atoms with E-state index in [1.54, 1.807) is 18.2 Å². The Morgan fingerprint density at radius 2 is 2.17 bits per heavy atom. The molecule has 64 valence electrons. The van der Waals surface area contributed by atoms with Crippen molar-refractivity contribution in [2.75, 3.05) is 5.73 Å². The molecule has 0 bridgehead atoms. The lowest BCUT2D eigenvalue weighted by atomic mass is 10.1. The Morgan fingerprint density at radius 1 is 1.42 bits per heavy atom. The summed E-state index contributed by atoms with van der Waals surface area (Å²) in [6.45, 7) is 0.570. The van der Waals surface area contributed by atoms with Gasteiger partial charge in [0.25, 0.3) is 5.91 Å². The van der Waals surface area contributed by atoms with Crippen LogP contribution in [0.5, 0.6) is 0 Å². The fourth-order valence-electron chi connectivity index (χ4n) is 1.28. The standard InChI is InChI=1S/C8H8N2O.ClH/c9-7-3-1-2-5-6(7)4-10-8(5)11;/h1-3H,4,9H2,(H,10,11);1H. The van der Waals surface area contributed by atoms with Gasteiger partial charge in [-0.25, -0.2) is 0 Å². The summed E-state index contributed by atoms with van der Waals surface area (Å²) in [6, 6.07) is 5.38. The van der Waals surface area contributed by atoms with Crippen LogP contribution in [0.1, 0.15) is 15.9 Å². The number of nitrogen functional groups attached to an aromatic ring is 1. The topological polar surface area (TPSA) is 55.1 Å². The molecule has 1 amide bonds. The van der Waals surface area contributed by atoms with Gasteiger partial charge in [-0.3, -0.25) is 4.79 Å². The maximum Gasteiger partial charge on any atom is 0.251 e. The van der Waals surface area contributed by atoms with Gasteiger partial charge in [0, 0.05) is 23.4 Å². The number of halogens is 1. The number of hydrogen-bond donors (Lipinski definition) is 2. The molecule has 0 fully saturated rings. The van der Waals surface area contributed by atoms with Crippen molar-refractivity contribution in [3.05, 3.63) is 29.3 Å². The van der Waals surface area contributed by atoms with Crippen LogP contribution in [-0.4, -0.2) is 5.91 Å². The lowest BCUT2D eigenvalue weighted by molar-refractivity contribution is 0.0966. The van der Waals surface area contributed by atoms with E-state index in [1.807, 2.05) is 0 Å². The zero-order valence-corrected chi connectivity index (χ0v) is 7.15. The second-order valence-electron chi connectivity index (χ2n) is 2.56. The largest absolute Gasteiger partial charge is 0.398 e. The van der Waals surface area contributed by atoms with E-state index in [0.717, 1.165) is 5.56 Å². The molecule has 0 spiro atoms. The third kappa shape index (κ3) is 1.12. The van der Waals surface area contributed by atoms with Crippen molar-refractivity contribution in [2.24, 2.45) is 0 Å². The van der Waals surface area contributed by atoms with Crippen molar-refractivity contribution in [1.29, 1.82) is 0 Å². The minimum atomic E-state index is -0.0210. The van der Waals surface area contributed by atoms with Crippen molar-refractivity contribution in [2.45, 2.75) is 6.54 Å². The lowest BCUT2D eigenvalue weighted by Crippen LogP contribution is -2.12. The van der Waals surface area contributed by atoms with Gasteiger partial charge in [0.05, 0.1) is 0 Å². The van der Waals surface area contributed by atoms with Crippen molar-refractivity contribution in [3.8, 4) is 0 Å². The van der Waals surface area contributed by atoms with Crippen LogP contribution >= 0.6 is 12.4 Å². The zero-order chi connectivity index (χ0) is 7.84. The van der Waals surface area contributed by atoms with E-state index < -0.39 is 0 Å². The number of rotatable bonds is 0. The van der Waals surface area contributed by atoms with E-state index in [2.05, 4.69) is 5.32 Å². The van der Waals surface area contributed by atoms with Crippen molar-refractivity contribution in [1.82, 2.24) is 5.32 Å². The number of amides is 1. The number of benzene rings is 1. The molecule has 0 atom stereocenters. The molecule has 1 aliphatic rings. The van der Waals surface area contributed by atoms with Crippen molar-refractivity contribution < 1.29 is 4.79 Å². The second kappa shape index (κ2) is 3.03. The van der Waals surface area contributed by atoms with Crippen LogP contribution in [0, 0.1) is 0 Å². The van der Waals surface area contributed by atoms with Gasteiger partial charge in [-0.2, -0.15) is 0 Å². The lowest BCUT2D eigenvalue weighted by Gasteiger charge is -1.97. The Balaban J connectivity index is 0.000000720. The highest BCUT2D eigenvalue weighted by Gasteiger charge is 2.19. The van der Waals surface area contributed by atoms with Gasteiger partial charge < -0.3 is 11.1 Å². The molecule has 12 heavy (non-hydrogen) atoms. The first-order valence-corrected chi connectivity index (χ1v) is 3.44. The maximum absolute atomic E-state index is 11.1. The van der Waals surface area contributed by atoms with Gasteiger partial charge in [0.15, 0.2) is 0 Å². The molecule has 1 aromatic carbocycles. The molecule has 2 rings (SSSR count). The van der Waals surface area contributed by atoms with Gasteiger partial charge in [-0.05, 0) is 12.1 Å². The van der Waals surface area contributed by atoms with E-state index in [0.29, 0.717) is 17.8 Å².